The standard InChI is InChI=1S/C12H18N8O/c13-5-12(21)14-6-9-7-19(18-15-9)8-11-17-16-10-3-1-2-4-20(10)11/h7H,1-6,8,13H2,(H,14,21). The molecule has 0 atom stereocenters. The highest BCUT2D eigenvalue weighted by Gasteiger charge is 2.16. The van der Waals surface area contributed by atoms with Crippen molar-refractivity contribution < 1.29 is 4.79 Å². The van der Waals surface area contributed by atoms with E-state index in [1.807, 2.05) is 0 Å². The first-order valence-corrected chi connectivity index (χ1v) is 7.03. The van der Waals surface area contributed by atoms with Crippen LogP contribution in [-0.4, -0.2) is 42.2 Å². The smallest absolute Gasteiger partial charge is 0.234 e. The number of hydrogen-bond acceptors (Lipinski definition) is 6. The third-order valence-corrected chi connectivity index (χ3v) is 3.48. The summed E-state index contributed by atoms with van der Waals surface area (Å²) < 4.78 is 3.86. The van der Waals surface area contributed by atoms with Gasteiger partial charge in [-0.15, -0.1) is 15.3 Å². The van der Waals surface area contributed by atoms with E-state index in [1.54, 1.807) is 10.9 Å². The lowest BCUT2D eigenvalue weighted by Gasteiger charge is -2.14. The van der Waals surface area contributed by atoms with Crippen molar-refractivity contribution >= 4 is 5.91 Å². The average Bonchev–Trinajstić information content (AvgIpc) is 3.13. The molecular weight excluding hydrogens is 272 g/mol. The third-order valence-electron chi connectivity index (χ3n) is 3.48. The molecule has 0 saturated heterocycles. The van der Waals surface area contributed by atoms with E-state index in [4.69, 9.17) is 5.73 Å². The van der Waals surface area contributed by atoms with E-state index in [-0.39, 0.29) is 12.5 Å². The topological polar surface area (TPSA) is 117 Å². The zero-order valence-electron chi connectivity index (χ0n) is 11.7. The van der Waals surface area contributed by atoms with Gasteiger partial charge in [0, 0.05) is 13.0 Å². The summed E-state index contributed by atoms with van der Waals surface area (Å²) in [6, 6.07) is 0. The number of fused-ring (bicyclic) bond motifs is 1. The molecule has 2 aromatic rings. The molecule has 9 heteroatoms. The van der Waals surface area contributed by atoms with Crippen molar-refractivity contribution in [3.8, 4) is 0 Å². The van der Waals surface area contributed by atoms with Gasteiger partial charge < -0.3 is 15.6 Å². The normalized spacial score (nSPS) is 14.0. The van der Waals surface area contributed by atoms with Gasteiger partial charge in [0.05, 0.1) is 19.3 Å². The molecule has 9 nitrogen and oxygen atoms in total. The van der Waals surface area contributed by atoms with Gasteiger partial charge in [-0.05, 0) is 12.8 Å². The molecule has 0 bridgehead atoms. The number of nitrogens with two attached hydrogens (primary N) is 1. The molecule has 2 aromatic heterocycles. The maximum absolute atomic E-state index is 11.1. The van der Waals surface area contributed by atoms with Crippen LogP contribution in [0.1, 0.15) is 30.2 Å². The minimum Gasteiger partial charge on any atom is -0.349 e. The quantitative estimate of drug-likeness (QED) is 0.716. The van der Waals surface area contributed by atoms with Crippen molar-refractivity contribution in [1.29, 1.82) is 0 Å². The maximum atomic E-state index is 11.1. The lowest BCUT2D eigenvalue weighted by molar-refractivity contribution is -0.119. The van der Waals surface area contributed by atoms with E-state index in [2.05, 4.69) is 30.4 Å². The van der Waals surface area contributed by atoms with E-state index in [1.165, 1.54) is 6.42 Å². The largest absolute Gasteiger partial charge is 0.349 e. The fourth-order valence-electron chi connectivity index (χ4n) is 2.39. The van der Waals surface area contributed by atoms with E-state index in [0.29, 0.717) is 18.8 Å². The molecule has 0 aliphatic carbocycles. The molecule has 1 amide bonds. The van der Waals surface area contributed by atoms with Crippen molar-refractivity contribution in [3.05, 3.63) is 23.5 Å². The predicted molar refractivity (Wildman–Crippen MR) is 73.0 cm³/mol. The Hall–Kier alpha value is -2.29. The average molecular weight is 290 g/mol. The summed E-state index contributed by atoms with van der Waals surface area (Å²) in [6.07, 6.45) is 5.11. The molecule has 0 fully saturated rings. The Balaban J connectivity index is 1.64. The Labute approximate surface area is 121 Å². The van der Waals surface area contributed by atoms with Crippen LogP contribution in [0.4, 0.5) is 0 Å². The Morgan fingerprint density at radius 3 is 3.10 bits per heavy atom. The van der Waals surface area contributed by atoms with Gasteiger partial charge in [0.1, 0.15) is 18.1 Å². The first kappa shape index (κ1) is 13.7. The van der Waals surface area contributed by atoms with Crippen LogP contribution >= 0.6 is 0 Å². The second kappa shape index (κ2) is 6.00. The highest BCUT2D eigenvalue weighted by molar-refractivity contribution is 5.77. The van der Waals surface area contributed by atoms with Crippen LogP contribution in [0.5, 0.6) is 0 Å². The van der Waals surface area contributed by atoms with Gasteiger partial charge in [0.2, 0.25) is 5.91 Å². The summed E-state index contributed by atoms with van der Waals surface area (Å²) in [6.45, 7) is 1.80. The number of rotatable bonds is 5. The molecule has 3 heterocycles. The van der Waals surface area contributed by atoms with Crippen molar-refractivity contribution in [1.82, 2.24) is 35.1 Å². The van der Waals surface area contributed by atoms with Crippen molar-refractivity contribution in [2.75, 3.05) is 6.54 Å². The number of carbonyl (C=O) groups is 1. The van der Waals surface area contributed by atoms with Crippen LogP contribution in [0.15, 0.2) is 6.20 Å². The van der Waals surface area contributed by atoms with Gasteiger partial charge >= 0.3 is 0 Å². The van der Waals surface area contributed by atoms with Gasteiger partial charge in [0.15, 0.2) is 5.82 Å². The Morgan fingerprint density at radius 1 is 1.33 bits per heavy atom. The molecule has 3 N–H and O–H groups in total. The first-order chi connectivity index (χ1) is 10.3. The van der Waals surface area contributed by atoms with Crippen LogP contribution in [0, 0.1) is 0 Å². The molecule has 0 radical (unpaired) electrons. The highest BCUT2D eigenvalue weighted by Crippen LogP contribution is 2.14. The van der Waals surface area contributed by atoms with E-state index in [0.717, 1.165) is 31.0 Å². The van der Waals surface area contributed by atoms with Crippen LogP contribution in [0.3, 0.4) is 0 Å². The van der Waals surface area contributed by atoms with E-state index < -0.39 is 0 Å². The predicted octanol–water partition coefficient (Wildman–Crippen LogP) is -1.17. The van der Waals surface area contributed by atoms with Crippen molar-refractivity contribution in [2.24, 2.45) is 5.73 Å². The number of aryl methyl sites for hydroxylation is 1. The SMILES string of the molecule is NCC(=O)NCc1cn(Cc2nnc3n2CCCC3)nn1. The van der Waals surface area contributed by atoms with Gasteiger partial charge in [-0.25, -0.2) is 4.68 Å². The molecule has 0 spiro atoms. The Bertz CT molecular complexity index is 631. The molecule has 3 rings (SSSR count). The number of nitrogens with one attached hydrogen (secondary N) is 1. The molecule has 1 aliphatic rings. The number of amides is 1. The summed E-state index contributed by atoms with van der Waals surface area (Å²) in [5.41, 5.74) is 5.92. The lowest BCUT2D eigenvalue weighted by Crippen LogP contribution is -2.29. The zero-order valence-corrected chi connectivity index (χ0v) is 11.7. The van der Waals surface area contributed by atoms with Gasteiger partial charge in [-0.2, -0.15) is 0 Å². The van der Waals surface area contributed by atoms with Crippen LogP contribution < -0.4 is 11.1 Å². The van der Waals surface area contributed by atoms with Gasteiger partial charge in [-0.1, -0.05) is 5.21 Å². The summed E-state index contributed by atoms with van der Waals surface area (Å²) >= 11 is 0. The monoisotopic (exact) mass is 290 g/mol. The number of hydrogen-bond donors (Lipinski definition) is 2. The molecule has 1 aliphatic heterocycles. The fraction of sp³-hybridized carbons (Fsp3) is 0.583. The third kappa shape index (κ3) is 3.07. The minimum absolute atomic E-state index is 0.0278. The highest BCUT2D eigenvalue weighted by atomic mass is 16.1. The summed E-state index contributed by atoms with van der Waals surface area (Å²) in [4.78, 5) is 11.1. The number of aromatic nitrogens is 6. The second-order valence-electron chi connectivity index (χ2n) is 5.03. The molecular formula is C12H18N8O. The number of nitrogens with zero attached hydrogens (tertiary/aromatic N) is 6. The van der Waals surface area contributed by atoms with Crippen molar-refractivity contribution in [3.63, 3.8) is 0 Å². The van der Waals surface area contributed by atoms with Gasteiger partial charge in [-0.3, -0.25) is 4.79 Å². The summed E-state index contributed by atoms with van der Waals surface area (Å²) in [5, 5.41) is 19.2. The van der Waals surface area contributed by atoms with Crippen LogP contribution in [0.2, 0.25) is 0 Å². The molecule has 21 heavy (non-hydrogen) atoms. The molecule has 0 unspecified atom stereocenters. The summed E-state index contributed by atoms with van der Waals surface area (Å²) in [5.74, 6) is 1.73. The van der Waals surface area contributed by atoms with E-state index >= 15 is 0 Å². The lowest BCUT2D eigenvalue weighted by atomic mass is 10.2. The summed E-state index contributed by atoms with van der Waals surface area (Å²) in [7, 11) is 0. The van der Waals surface area contributed by atoms with Crippen molar-refractivity contribution in [2.45, 2.75) is 38.9 Å². The Kier molecular flexibility index (Phi) is 3.91. The van der Waals surface area contributed by atoms with Gasteiger partial charge in [0.25, 0.3) is 0 Å². The molecule has 0 aromatic carbocycles. The van der Waals surface area contributed by atoms with E-state index in [9.17, 15) is 4.79 Å². The zero-order chi connectivity index (χ0) is 14.7. The second-order valence-corrected chi connectivity index (χ2v) is 5.03. The molecule has 0 saturated carbocycles. The Morgan fingerprint density at radius 2 is 2.24 bits per heavy atom. The number of carbonyl (C=O) groups excluding carboxylic acids is 1. The minimum atomic E-state index is -0.212. The fourth-order valence-corrected chi connectivity index (χ4v) is 2.39. The first-order valence-electron chi connectivity index (χ1n) is 7.03. The maximum Gasteiger partial charge on any atom is 0.234 e. The van der Waals surface area contributed by atoms with Crippen LogP contribution in [0.25, 0.3) is 0 Å². The molecule has 112 valence electrons. The van der Waals surface area contributed by atoms with Crippen LogP contribution in [-0.2, 0) is 30.8 Å².